The highest BCUT2D eigenvalue weighted by Gasteiger charge is 2.49. The number of hydrogen-bond donors (Lipinski definition) is 2. The smallest absolute Gasteiger partial charge is 0.417 e. The summed E-state index contributed by atoms with van der Waals surface area (Å²) in [4.78, 5) is 14.3. The lowest BCUT2D eigenvalue weighted by atomic mass is 9.95. The van der Waals surface area contributed by atoms with Crippen LogP contribution in [0.1, 0.15) is 31.2 Å². The van der Waals surface area contributed by atoms with E-state index in [9.17, 15) is 22.0 Å². The average molecular weight is 609 g/mol. The number of rotatable bonds is 6. The van der Waals surface area contributed by atoms with Crippen molar-refractivity contribution >= 4 is 28.0 Å². The van der Waals surface area contributed by atoms with Gasteiger partial charge in [-0.25, -0.2) is 13.2 Å². The summed E-state index contributed by atoms with van der Waals surface area (Å²) in [7, 11) is 0. The predicted molar refractivity (Wildman–Crippen MR) is 142 cm³/mol. The Morgan fingerprint density at radius 2 is 2.00 bits per heavy atom. The van der Waals surface area contributed by atoms with Crippen LogP contribution in [0.2, 0.25) is 0 Å². The maximum Gasteiger partial charge on any atom is 0.417 e. The van der Waals surface area contributed by atoms with Crippen LogP contribution >= 0.6 is 0 Å². The molecule has 0 unspecified atom stereocenters. The van der Waals surface area contributed by atoms with Crippen molar-refractivity contribution in [3.8, 4) is 23.0 Å². The predicted octanol–water partition coefficient (Wildman–Crippen LogP) is 5.01. The largest absolute Gasteiger partial charge is 0.472 e. The fourth-order valence-electron chi connectivity index (χ4n) is 6.55. The molecule has 0 aliphatic carbocycles. The molecule has 9 nitrogen and oxygen atoms in total. The van der Waals surface area contributed by atoms with E-state index in [1.165, 1.54) is 0 Å². The van der Waals surface area contributed by atoms with E-state index >= 15 is 4.39 Å². The van der Waals surface area contributed by atoms with E-state index in [4.69, 9.17) is 19.6 Å². The van der Waals surface area contributed by atoms with Gasteiger partial charge >= 0.3 is 12.2 Å². The van der Waals surface area contributed by atoms with Crippen molar-refractivity contribution in [2.75, 3.05) is 38.5 Å². The highest BCUT2D eigenvalue weighted by molar-refractivity contribution is 5.98. The number of ether oxygens (including phenoxy) is 2. The number of oxazole rings is 1. The van der Waals surface area contributed by atoms with Crippen LogP contribution in [0.25, 0.3) is 33.1 Å². The van der Waals surface area contributed by atoms with E-state index in [0.29, 0.717) is 38.5 Å². The first-order valence-corrected chi connectivity index (χ1v) is 13.9. The maximum absolute atomic E-state index is 16.5. The molecule has 0 saturated carbocycles. The van der Waals surface area contributed by atoms with Gasteiger partial charge in [0.05, 0.1) is 16.5 Å². The molecule has 3 aliphatic heterocycles. The molecule has 0 radical (unpaired) electrons. The second kappa shape index (κ2) is 10.1. The molecule has 4 aromatic rings. The molecule has 228 valence electrons. The van der Waals surface area contributed by atoms with Crippen molar-refractivity contribution < 1.29 is 40.2 Å². The molecule has 2 aromatic heterocycles. The fraction of sp³-hybridized carbons (Fsp3) is 0.464. The summed E-state index contributed by atoms with van der Waals surface area (Å²) >= 11 is 0. The number of nitrogen functional groups attached to an aromatic ring is 1. The average Bonchev–Trinajstić information content (AvgIpc) is 3.73. The lowest BCUT2D eigenvalue weighted by molar-refractivity contribution is -0.137. The van der Waals surface area contributed by atoms with Crippen molar-refractivity contribution in [1.82, 2.24) is 25.2 Å². The number of aromatic nitrogens is 3. The molecule has 7 rings (SSSR count). The zero-order chi connectivity index (χ0) is 30.1. The van der Waals surface area contributed by atoms with E-state index in [1.54, 1.807) is 0 Å². The molecular formula is C28H26F6N6O3. The summed E-state index contributed by atoms with van der Waals surface area (Å²) in [6, 6.07) is 1.69. The third-order valence-corrected chi connectivity index (χ3v) is 8.49. The van der Waals surface area contributed by atoms with Crippen molar-refractivity contribution in [3.63, 3.8) is 0 Å². The number of fused-ring (bicyclic) bond motifs is 3. The van der Waals surface area contributed by atoms with Crippen LogP contribution in [0.5, 0.6) is 11.9 Å². The number of nitrogens with two attached hydrogens (primary N) is 1. The van der Waals surface area contributed by atoms with E-state index in [-0.39, 0.29) is 42.4 Å². The lowest BCUT2D eigenvalue weighted by Crippen LogP contribution is -2.43. The van der Waals surface area contributed by atoms with Crippen LogP contribution < -0.4 is 20.5 Å². The van der Waals surface area contributed by atoms with Crippen LogP contribution in [0.15, 0.2) is 22.6 Å². The van der Waals surface area contributed by atoms with E-state index in [1.807, 2.05) is 4.90 Å². The molecule has 15 heteroatoms. The Labute approximate surface area is 240 Å². The van der Waals surface area contributed by atoms with Gasteiger partial charge in [-0.15, -0.1) is 0 Å². The Balaban J connectivity index is 1.40. The number of benzene rings is 2. The van der Waals surface area contributed by atoms with Gasteiger partial charge in [0.1, 0.15) is 29.9 Å². The standard InChI is InChI=1S/C28H26F6N6O3/c29-13-9-27(5-1-7-40(27)11-13)12-41-26-38-21-16(24(39-26)42-14-4-6-36-10-14)8-17(28(32,33)34)19(20(21)31)15-2-3-18(30)23-22(15)37-25(35)43-23/h2-3,8,13-14,36H,1,4-7,9-12H2,(H2,35,37)/t13-,14-,27+/m1/s1. The number of nitrogens with zero attached hydrogens (tertiary/aromatic N) is 4. The van der Waals surface area contributed by atoms with E-state index in [2.05, 4.69) is 20.3 Å². The van der Waals surface area contributed by atoms with Gasteiger partial charge in [-0.05, 0) is 50.6 Å². The molecule has 0 bridgehead atoms. The zero-order valence-electron chi connectivity index (χ0n) is 22.6. The third kappa shape index (κ3) is 4.78. The fourth-order valence-corrected chi connectivity index (χ4v) is 6.55. The van der Waals surface area contributed by atoms with Crippen LogP contribution in [0.3, 0.4) is 0 Å². The summed E-state index contributed by atoms with van der Waals surface area (Å²) in [5.41, 5.74) is 0.881. The minimum Gasteiger partial charge on any atom is -0.472 e. The molecular weight excluding hydrogens is 582 g/mol. The number of alkyl halides is 4. The number of halogens is 6. The van der Waals surface area contributed by atoms with E-state index < -0.39 is 69.4 Å². The van der Waals surface area contributed by atoms with Gasteiger partial charge in [0.25, 0.3) is 6.01 Å². The first-order valence-electron chi connectivity index (χ1n) is 13.9. The number of hydrogen-bond acceptors (Lipinski definition) is 9. The number of anilines is 1. The Hall–Kier alpha value is -3.85. The Bertz CT molecular complexity index is 1730. The SMILES string of the molecule is Nc1nc2c(-c3c(C(F)(F)F)cc4c(O[C@@H]5CCNC5)nc(OC[C@@]56CCCN5C[C@H](F)C6)nc4c3F)ccc(F)c2o1. The summed E-state index contributed by atoms with van der Waals surface area (Å²) < 4.78 is 106. The van der Waals surface area contributed by atoms with Crippen molar-refractivity contribution in [3.05, 3.63) is 35.4 Å². The third-order valence-electron chi connectivity index (χ3n) is 8.49. The first kappa shape index (κ1) is 28.0. The molecule has 3 atom stereocenters. The molecule has 0 amide bonds. The van der Waals surface area contributed by atoms with Crippen molar-refractivity contribution in [1.29, 1.82) is 0 Å². The first-order chi connectivity index (χ1) is 20.5. The van der Waals surface area contributed by atoms with Gasteiger partial charge in [0, 0.05) is 30.6 Å². The minimum absolute atomic E-state index is 0.00919. The van der Waals surface area contributed by atoms with Gasteiger partial charge in [-0.2, -0.15) is 28.1 Å². The topological polar surface area (TPSA) is 112 Å². The summed E-state index contributed by atoms with van der Waals surface area (Å²) in [5.74, 6) is -2.58. The number of nitrogens with one attached hydrogen (secondary N) is 1. The van der Waals surface area contributed by atoms with Crippen molar-refractivity contribution in [2.24, 2.45) is 0 Å². The van der Waals surface area contributed by atoms with Crippen LogP contribution in [0, 0.1) is 11.6 Å². The molecule has 2 aromatic carbocycles. The van der Waals surface area contributed by atoms with Crippen molar-refractivity contribution in [2.45, 2.75) is 49.7 Å². The van der Waals surface area contributed by atoms with Gasteiger partial charge in [0.2, 0.25) is 5.88 Å². The Kier molecular flexibility index (Phi) is 6.57. The highest BCUT2D eigenvalue weighted by Crippen LogP contribution is 2.46. The monoisotopic (exact) mass is 608 g/mol. The molecule has 3 fully saturated rings. The van der Waals surface area contributed by atoms with Crippen LogP contribution in [0.4, 0.5) is 32.4 Å². The van der Waals surface area contributed by atoms with Gasteiger partial charge < -0.3 is 24.9 Å². The van der Waals surface area contributed by atoms with Gasteiger partial charge in [-0.3, -0.25) is 4.90 Å². The van der Waals surface area contributed by atoms with Gasteiger partial charge in [-0.1, -0.05) is 0 Å². The molecule has 3 saturated heterocycles. The Morgan fingerprint density at radius 1 is 1.16 bits per heavy atom. The highest BCUT2D eigenvalue weighted by atomic mass is 19.4. The quantitative estimate of drug-likeness (QED) is 0.292. The maximum atomic E-state index is 16.5. The van der Waals surface area contributed by atoms with Crippen LogP contribution in [-0.4, -0.2) is 70.5 Å². The summed E-state index contributed by atoms with van der Waals surface area (Å²) in [6.07, 6.45) is -4.17. The van der Waals surface area contributed by atoms with Gasteiger partial charge in [0.15, 0.2) is 17.2 Å². The molecule has 5 heterocycles. The molecule has 3 aliphatic rings. The Morgan fingerprint density at radius 3 is 2.77 bits per heavy atom. The molecule has 0 spiro atoms. The minimum atomic E-state index is -5.06. The molecule has 43 heavy (non-hydrogen) atoms. The second-order valence-corrected chi connectivity index (χ2v) is 11.2. The van der Waals surface area contributed by atoms with Crippen LogP contribution in [-0.2, 0) is 6.18 Å². The lowest BCUT2D eigenvalue weighted by Gasteiger charge is -2.30. The normalized spacial score (nSPS) is 24.3. The zero-order valence-corrected chi connectivity index (χ0v) is 22.6. The molecule has 3 N–H and O–H groups in total. The summed E-state index contributed by atoms with van der Waals surface area (Å²) in [6.45, 7) is 2.03. The van der Waals surface area contributed by atoms with E-state index in [0.717, 1.165) is 18.6 Å². The summed E-state index contributed by atoms with van der Waals surface area (Å²) in [5, 5.41) is 2.77. The second-order valence-electron chi connectivity index (χ2n) is 11.2.